The second-order valence-electron chi connectivity index (χ2n) is 7.74. The zero-order valence-corrected chi connectivity index (χ0v) is 16.5. The molecule has 1 atom stereocenters. The van der Waals surface area contributed by atoms with E-state index in [1.165, 1.54) is 0 Å². The van der Waals surface area contributed by atoms with Crippen LogP contribution in [-0.2, 0) is 4.74 Å². The zero-order valence-electron chi connectivity index (χ0n) is 16.5. The lowest BCUT2D eigenvalue weighted by molar-refractivity contribution is 0.0507. The second kappa shape index (κ2) is 7.08. The van der Waals surface area contributed by atoms with E-state index >= 15 is 0 Å². The topological polar surface area (TPSA) is 133 Å². The Balaban J connectivity index is 1.96. The van der Waals surface area contributed by atoms with Crippen molar-refractivity contribution in [2.75, 3.05) is 5.73 Å². The molecule has 0 bridgehead atoms. The third-order valence-electron chi connectivity index (χ3n) is 4.31. The number of benzene rings is 1. The van der Waals surface area contributed by atoms with Gasteiger partial charge in [-0.25, -0.2) is 4.79 Å². The summed E-state index contributed by atoms with van der Waals surface area (Å²) in [7, 11) is 0. The number of hydrogen-bond acceptors (Lipinski definition) is 6. The van der Waals surface area contributed by atoms with E-state index in [2.05, 4.69) is 10.6 Å². The Kier molecular flexibility index (Phi) is 4.91. The standard InChI is InChI=1S/C20H22N4O5/c1-10(22-19(28)29-20(2,3)4)11-6-5-7-12(8-11)24-14(25)9-13-15(16(24)21)18(27)23-17(13)26/h5-10H,21H2,1-4H3,(H,22,28)(H,23,26,27). The first-order chi connectivity index (χ1) is 13.5. The minimum absolute atomic E-state index is 0.0278. The number of hydrogen-bond donors (Lipinski definition) is 3. The lowest BCUT2D eigenvalue weighted by Crippen LogP contribution is -2.34. The predicted octanol–water partition coefficient (Wildman–Crippen LogP) is 1.89. The number of carbonyl (C=O) groups is 3. The van der Waals surface area contributed by atoms with Crippen LogP contribution in [0.1, 0.15) is 60.0 Å². The molecule has 2 aromatic rings. The van der Waals surface area contributed by atoms with Crippen LogP contribution in [0.2, 0.25) is 0 Å². The number of nitrogens with zero attached hydrogens (tertiary/aromatic N) is 1. The molecule has 152 valence electrons. The van der Waals surface area contributed by atoms with Gasteiger partial charge in [0, 0.05) is 6.07 Å². The number of nitrogens with one attached hydrogen (secondary N) is 2. The smallest absolute Gasteiger partial charge is 0.408 e. The average molecular weight is 398 g/mol. The van der Waals surface area contributed by atoms with Crippen LogP contribution in [0.4, 0.5) is 10.6 Å². The molecule has 9 nitrogen and oxygen atoms in total. The van der Waals surface area contributed by atoms with E-state index in [0.717, 1.165) is 10.6 Å². The van der Waals surface area contributed by atoms with Crippen molar-refractivity contribution in [2.24, 2.45) is 0 Å². The first-order valence-electron chi connectivity index (χ1n) is 8.99. The van der Waals surface area contributed by atoms with Gasteiger partial charge >= 0.3 is 6.09 Å². The molecule has 0 saturated heterocycles. The van der Waals surface area contributed by atoms with Crippen molar-refractivity contribution in [2.45, 2.75) is 39.3 Å². The minimum atomic E-state index is -0.648. The Hall–Kier alpha value is -3.62. The van der Waals surface area contributed by atoms with Gasteiger partial charge in [-0.3, -0.25) is 24.3 Å². The summed E-state index contributed by atoms with van der Waals surface area (Å²) in [6, 6.07) is 7.45. The predicted molar refractivity (Wildman–Crippen MR) is 106 cm³/mol. The highest BCUT2D eigenvalue weighted by atomic mass is 16.6. The number of nitrogens with two attached hydrogens (primary N) is 1. The Morgan fingerprint density at radius 1 is 1.17 bits per heavy atom. The summed E-state index contributed by atoms with van der Waals surface area (Å²) in [4.78, 5) is 48.4. The maximum absolute atomic E-state index is 12.6. The lowest BCUT2D eigenvalue weighted by Gasteiger charge is -2.22. The van der Waals surface area contributed by atoms with Gasteiger partial charge in [0.2, 0.25) is 0 Å². The zero-order chi connectivity index (χ0) is 21.5. The molecule has 1 aromatic carbocycles. The van der Waals surface area contributed by atoms with Crippen LogP contribution in [0.5, 0.6) is 0 Å². The number of nitrogen functional groups attached to an aromatic ring is 1. The van der Waals surface area contributed by atoms with E-state index in [0.29, 0.717) is 11.3 Å². The number of amides is 3. The SMILES string of the molecule is CC(NC(=O)OC(C)(C)C)c1cccc(-n2c(N)c3c(cc2=O)C(=O)NC3=O)c1. The molecule has 0 aliphatic carbocycles. The highest BCUT2D eigenvalue weighted by Gasteiger charge is 2.32. The fourth-order valence-corrected chi connectivity index (χ4v) is 3.05. The van der Waals surface area contributed by atoms with Crippen LogP contribution in [0.25, 0.3) is 5.69 Å². The summed E-state index contributed by atoms with van der Waals surface area (Å²) in [6.07, 6.45) is -0.570. The first kappa shape index (κ1) is 20.1. The first-order valence-corrected chi connectivity index (χ1v) is 8.99. The van der Waals surface area contributed by atoms with E-state index in [9.17, 15) is 19.2 Å². The van der Waals surface area contributed by atoms with Crippen molar-refractivity contribution in [1.82, 2.24) is 15.2 Å². The third kappa shape index (κ3) is 3.98. The molecule has 0 fully saturated rings. The van der Waals surface area contributed by atoms with Gasteiger partial charge < -0.3 is 15.8 Å². The van der Waals surface area contributed by atoms with Crippen LogP contribution in [0.3, 0.4) is 0 Å². The Bertz CT molecular complexity index is 1080. The monoisotopic (exact) mass is 398 g/mol. The number of imide groups is 1. The molecule has 29 heavy (non-hydrogen) atoms. The summed E-state index contributed by atoms with van der Waals surface area (Å²) < 4.78 is 6.41. The average Bonchev–Trinajstić information content (AvgIpc) is 2.87. The van der Waals surface area contributed by atoms with Crippen LogP contribution in [0, 0.1) is 0 Å². The molecule has 3 rings (SSSR count). The van der Waals surface area contributed by atoms with Crippen molar-refractivity contribution in [3.8, 4) is 5.69 Å². The molecule has 2 heterocycles. The fraction of sp³-hybridized carbons (Fsp3) is 0.300. The number of anilines is 1. The van der Waals surface area contributed by atoms with Crippen molar-refractivity contribution in [3.63, 3.8) is 0 Å². The van der Waals surface area contributed by atoms with Crippen molar-refractivity contribution < 1.29 is 19.1 Å². The molecule has 9 heteroatoms. The number of carbonyl (C=O) groups excluding carboxylic acids is 3. The van der Waals surface area contributed by atoms with E-state index in [4.69, 9.17) is 10.5 Å². The highest BCUT2D eigenvalue weighted by molar-refractivity contribution is 6.23. The highest BCUT2D eigenvalue weighted by Crippen LogP contribution is 2.24. The number of rotatable bonds is 3. The molecular weight excluding hydrogens is 376 g/mol. The van der Waals surface area contributed by atoms with Gasteiger partial charge in [-0.05, 0) is 45.4 Å². The van der Waals surface area contributed by atoms with Gasteiger partial charge in [0.05, 0.1) is 22.9 Å². The minimum Gasteiger partial charge on any atom is -0.444 e. The van der Waals surface area contributed by atoms with Crippen LogP contribution in [0.15, 0.2) is 35.1 Å². The Morgan fingerprint density at radius 2 is 1.86 bits per heavy atom. The summed E-state index contributed by atoms with van der Waals surface area (Å²) in [6.45, 7) is 7.06. The van der Waals surface area contributed by atoms with Crippen molar-refractivity contribution in [3.05, 3.63) is 57.4 Å². The van der Waals surface area contributed by atoms with E-state index in [-0.39, 0.29) is 16.9 Å². The number of alkyl carbamates (subject to hydrolysis) is 1. The van der Waals surface area contributed by atoms with Gasteiger partial charge in [0.25, 0.3) is 17.4 Å². The van der Waals surface area contributed by atoms with Gasteiger partial charge in [-0.1, -0.05) is 12.1 Å². The third-order valence-corrected chi connectivity index (χ3v) is 4.31. The van der Waals surface area contributed by atoms with Crippen molar-refractivity contribution in [1.29, 1.82) is 0 Å². The number of pyridine rings is 1. The number of aromatic nitrogens is 1. The molecule has 0 spiro atoms. The van der Waals surface area contributed by atoms with Crippen molar-refractivity contribution >= 4 is 23.7 Å². The fourth-order valence-electron chi connectivity index (χ4n) is 3.05. The Labute approximate surface area is 166 Å². The molecule has 0 radical (unpaired) electrons. The maximum atomic E-state index is 12.6. The van der Waals surface area contributed by atoms with E-state index < -0.39 is 35.1 Å². The van der Waals surface area contributed by atoms with Gasteiger partial charge in [0.1, 0.15) is 11.4 Å². The second-order valence-corrected chi connectivity index (χ2v) is 7.74. The molecule has 1 aliphatic heterocycles. The molecule has 4 N–H and O–H groups in total. The van der Waals surface area contributed by atoms with Crippen LogP contribution >= 0.6 is 0 Å². The normalized spacial score (nSPS) is 14.2. The summed E-state index contributed by atoms with van der Waals surface area (Å²) in [5.41, 5.74) is 5.91. The molecular formula is C20H22N4O5. The van der Waals surface area contributed by atoms with Crippen LogP contribution < -0.4 is 21.9 Å². The van der Waals surface area contributed by atoms with E-state index in [1.54, 1.807) is 52.0 Å². The molecule has 1 aromatic heterocycles. The van der Waals surface area contributed by atoms with E-state index in [1.807, 2.05) is 0 Å². The van der Waals surface area contributed by atoms with Crippen LogP contribution in [-0.4, -0.2) is 28.1 Å². The summed E-state index contributed by atoms with van der Waals surface area (Å²) in [5, 5.41) is 4.85. The summed E-state index contributed by atoms with van der Waals surface area (Å²) >= 11 is 0. The van der Waals surface area contributed by atoms with Gasteiger partial charge in [0.15, 0.2) is 0 Å². The lowest BCUT2D eigenvalue weighted by atomic mass is 10.1. The summed E-state index contributed by atoms with van der Waals surface area (Å²) in [5.74, 6) is -1.42. The molecule has 1 unspecified atom stereocenters. The van der Waals surface area contributed by atoms with Gasteiger partial charge in [-0.15, -0.1) is 0 Å². The quantitative estimate of drug-likeness (QED) is 0.676. The molecule has 1 aliphatic rings. The largest absolute Gasteiger partial charge is 0.444 e. The molecule has 0 saturated carbocycles. The Morgan fingerprint density at radius 3 is 2.52 bits per heavy atom. The molecule has 3 amide bonds. The maximum Gasteiger partial charge on any atom is 0.408 e. The number of fused-ring (bicyclic) bond motifs is 1. The number of ether oxygens (including phenoxy) is 1. The van der Waals surface area contributed by atoms with Gasteiger partial charge in [-0.2, -0.15) is 0 Å².